The van der Waals surface area contributed by atoms with Gasteiger partial charge in [0.05, 0.1) is 0 Å². The zero-order valence-corrected chi connectivity index (χ0v) is 17.2. The average Bonchev–Trinajstić information content (AvgIpc) is 2.60. The first kappa shape index (κ1) is 20.7. The van der Waals surface area contributed by atoms with Crippen molar-refractivity contribution in [3.05, 3.63) is 59.2 Å². The number of nitrogens with one attached hydrogen (secondary N) is 1. The van der Waals surface area contributed by atoms with Gasteiger partial charge in [-0.2, -0.15) is 0 Å². The van der Waals surface area contributed by atoms with Crippen molar-refractivity contribution in [2.45, 2.75) is 53.4 Å². The fraction of sp³-hybridized carbons (Fsp3) is 0.391. The molecule has 2 rings (SSSR count). The molecule has 4 heteroatoms. The van der Waals surface area contributed by atoms with E-state index in [1.165, 1.54) is 11.8 Å². The van der Waals surface area contributed by atoms with Crippen molar-refractivity contribution in [3.63, 3.8) is 0 Å². The zero-order valence-electron chi connectivity index (χ0n) is 17.2. The van der Waals surface area contributed by atoms with E-state index >= 15 is 0 Å². The molecule has 0 aromatic heterocycles. The minimum Gasteiger partial charge on any atom is -0.324 e. The van der Waals surface area contributed by atoms with E-state index in [-0.39, 0.29) is 18.4 Å². The average molecular weight is 367 g/mol. The summed E-state index contributed by atoms with van der Waals surface area (Å²) in [5.74, 6) is 0.232. The Bertz CT molecular complexity index is 781. The van der Waals surface area contributed by atoms with Gasteiger partial charge < -0.3 is 10.2 Å². The van der Waals surface area contributed by atoms with Crippen LogP contribution >= 0.6 is 0 Å². The van der Waals surface area contributed by atoms with E-state index < -0.39 is 0 Å². The molecule has 0 saturated heterocycles. The van der Waals surface area contributed by atoms with Crippen molar-refractivity contribution in [3.8, 4) is 0 Å². The maximum Gasteiger partial charge on any atom is 0.244 e. The fourth-order valence-electron chi connectivity index (χ4n) is 3.13. The molecule has 2 amide bonds. The number of amides is 2. The molecule has 4 nitrogen and oxygen atoms in total. The maximum atomic E-state index is 12.8. The van der Waals surface area contributed by atoms with E-state index in [1.54, 1.807) is 0 Å². The molecule has 0 aliphatic heterocycles. The van der Waals surface area contributed by atoms with E-state index in [2.05, 4.69) is 45.1 Å². The molecule has 0 atom stereocenters. The molecule has 0 fully saturated rings. The lowest BCUT2D eigenvalue weighted by Gasteiger charge is -2.23. The smallest absolute Gasteiger partial charge is 0.244 e. The lowest BCUT2D eigenvalue weighted by atomic mass is 9.92. The van der Waals surface area contributed by atoms with Crippen LogP contribution in [0.1, 0.15) is 63.1 Å². The molecule has 144 valence electrons. The second kappa shape index (κ2) is 8.85. The number of aryl methyl sites for hydroxylation is 1. The number of hydrogen-bond donors (Lipinski definition) is 1. The summed E-state index contributed by atoms with van der Waals surface area (Å²) in [7, 11) is 0. The van der Waals surface area contributed by atoms with Crippen molar-refractivity contribution in [1.82, 2.24) is 0 Å². The highest BCUT2D eigenvalue weighted by Crippen LogP contribution is 2.32. The van der Waals surface area contributed by atoms with Gasteiger partial charge in [0.15, 0.2) is 0 Å². The van der Waals surface area contributed by atoms with E-state index in [0.29, 0.717) is 11.8 Å². The van der Waals surface area contributed by atoms with Crippen LogP contribution in [0.2, 0.25) is 0 Å². The summed E-state index contributed by atoms with van der Waals surface area (Å²) < 4.78 is 0. The molecule has 0 saturated carbocycles. The van der Waals surface area contributed by atoms with Crippen LogP contribution in [-0.2, 0) is 9.59 Å². The largest absolute Gasteiger partial charge is 0.324 e. The summed E-state index contributed by atoms with van der Waals surface area (Å²) in [6.07, 6.45) is 0. The van der Waals surface area contributed by atoms with Gasteiger partial charge in [-0.05, 0) is 42.0 Å². The predicted octanol–water partition coefficient (Wildman–Crippen LogP) is 5.23. The predicted molar refractivity (Wildman–Crippen MR) is 112 cm³/mol. The molecule has 0 heterocycles. The first-order chi connectivity index (χ1) is 12.7. The van der Waals surface area contributed by atoms with Crippen molar-refractivity contribution in [2.75, 3.05) is 16.8 Å². The topological polar surface area (TPSA) is 49.4 Å². The van der Waals surface area contributed by atoms with Crippen LogP contribution in [-0.4, -0.2) is 18.4 Å². The van der Waals surface area contributed by atoms with Gasteiger partial charge in [-0.3, -0.25) is 9.59 Å². The monoisotopic (exact) mass is 366 g/mol. The van der Waals surface area contributed by atoms with Gasteiger partial charge in [-0.1, -0.05) is 63.6 Å². The van der Waals surface area contributed by atoms with Crippen LogP contribution in [0, 0.1) is 6.92 Å². The summed E-state index contributed by atoms with van der Waals surface area (Å²) in [5.41, 5.74) is 4.93. The lowest BCUT2D eigenvalue weighted by molar-refractivity contribution is -0.120. The Morgan fingerprint density at radius 1 is 0.926 bits per heavy atom. The first-order valence-electron chi connectivity index (χ1n) is 9.48. The van der Waals surface area contributed by atoms with E-state index in [1.807, 2.05) is 37.3 Å². The molecule has 1 N–H and O–H groups in total. The van der Waals surface area contributed by atoms with E-state index in [4.69, 9.17) is 0 Å². The minimum absolute atomic E-state index is 0.0115. The Balaban J connectivity index is 2.28. The quantitative estimate of drug-likeness (QED) is 0.760. The summed E-state index contributed by atoms with van der Waals surface area (Å²) in [5, 5.41) is 3.08. The van der Waals surface area contributed by atoms with Gasteiger partial charge in [-0.15, -0.1) is 0 Å². The summed E-state index contributed by atoms with van der Waals surface area (Å²) in [6.45, 7) is 11.9. The number of carbonyl (C=O) groups is 2. The van der Waals surface area contributed by atoms with Crippen molar-refractivity contribution in [1.29, 1.82) is 0 Å². The summed E-state index contributed by atoms with van der Waals surface area (Å²) >= 11 is 0. The minimum atomic E-state index is -0.194. The third kappa shape index (κ3) is 5.19. The molecule has 0 radical (unpaired) electrons. The first-order valence-corrected chi connectivity index (χ1v) is 9.48. The molecule has 0 aliphatic carbocycles. The van der Waals surface area contributed by atoms with E-state index in [9.17, 15) is 9.59 Å². The summed E-state index contributed by atoms with van der Waals surface area (Å²) in [4.78, 5) is 26.4. The molecule has 0 bridgehead atoms. The Kier molecular flexibility index (Phi) is 6.78. The van der Waals surface area contributed by atoms with Gasteiger partial charge in [0.2, 0.25) is 11.8 Å². The Morgan fingerprint density at radius 2 is 1.44 bits per heavy atom. The zero-order chi connectivity index (χ0) is 20.1. The molecule has 2 aromatic rings. The number of carbonyl (C=O) groups excluding carboxylic acids is 2. The number of hydrogen-bond acceptors (Lipinski definition) is 2. The van der Waals surface area contributed by atoms with Gasteiger partial charge in [-0.25, -0.2) is 0 Å². The summed E-state index contributed by atoms with van der Waals surface area (Å²) in [6, 6.07) is 13.7. The maximum absolute atomic E-state index is 12.8. The van der Waals surface area contributed by atoms with Gasteiger partial charge in [0.1, 0.15) is 6.54 Å². The third-order valence-electron chi connectivity index (χ3n) is 4.66. The van der Waals surface area contributed by atoms with Crippen molar-refractivity contribution < 1.29 is 9.59 Å². The van der Waals surface area contributed by atoms with Crippen LogP contribution in [0.3, 0.4) is 0 Å². The molecule has 0 unspecified atom stereocenters. The number of nitrogens with zero attached hydrogens (tertiary/aromatic N) is 1. The third-order valence-corrected chi connectivity index (χ3v) is 4.66. The second-order valence-electron chi connectivity index (χ2n) is 7.61. The SMILES string of the molecule is CC(=O)N(CC(=O)Nc1c(C(C)C)cccc1C(C)C)c1ccc(C)cc1. The van der Waals surface area contributed by atoms with Crippen LogP contribution in [0.15, 0.2) is 42.5 Å². The lowest BCUT2D eigenvalue weighted by Crippen LogP contribution is -2.37. The highest BCUT2D eigenvalue weighted by molar-refractivity contribution is 6.02. The van der Waals surface area contributed by atoms with Crippen LogP contribution in [0.5, 0.6) is 0 Å². The van der Waals surface area contributed by atoms with Crippen LogP contribution in [0.4, 0.5) is 11.4 Å². The highest BCUT2D eigenvalue weighted by atomic mass is 16.2. The molecular formula is C23H30N2O2. The number of anilines is 2. The standard InChI is InChI=1S/C23H30N2O2/c1-15(2)20-8-7-9-21(16(3)4)23(20)24-22(27)14-25(18(6)26)19-12-10-17(5)11-13-19/h7-13,15-16H,14H2,1-6H3,(H,24,27). The van der Waals surface area contributed by atoms with E-state index in [0.717, 1.165) is 28.1 Å². The molecular weight excluding hydrogens is 336 g/mol. The molecule has 27 heavy (non-hydrogen) atoms. The molecule has 0 aliphatic rings. The Labute approximate surface area is 162 Å². The fourth-order valence-corrected chi connectivity index (χ4v) is 3.13. The van der Waals surface area contributed by atoms with Crippen molar-refractivity contribution in [2.24, 2.45) is 0 Å². The Morgan fingerprint density at radius 3 is 1.89 bits per heavy atom. The highest BCUT2D eigenvalue weighted by Gasteiger charge is 2.19. The van der Waals surface area contributed by atoms with Gasteiger partial charge in [0, 0.05) is 18.3 Å². The second-order valence-corrected chi connectivity index (χ2v) is 7.61. The number of para-hydroxylation sites is 1. The van der Waals surface area contributed by atoms with Crippen LogP contribution < -0.4 is 10.2 Å². The van der Waals surface area contributed by atoms with Gasteiger partial charge >= 0.3 is 0 Å². The number of rotatable bonds is 6. The number of benzene rings is 2. The van der Waals surface area contributed by atoms with Gasteiger partial charge in [0.25, 0.3) is 0 Å². The molecule has 2 aromatic carbocycles. The van der Waals surface area contributed by atoms with Crippen LogP contribution in [0.25, 0.3) is 0 Å². The van der Waals surface area contributed by atoms with Crippen molar-refractivity contribution >= 4 is 23.2 Å². The molecule has 0 spiro atoms. The Hall–Kier alpha value is -2.62. The normalized spacial score (nSPS) is 11.0.